The van der Waals surface area contributed by atoms with Gasteiger partial charge in [0.15, 0.2) is 0 Å². The number of carbonyl (C=O) groups excluding carboxylic acids is 1. The van der Waals surface area contributed by atoms with Gasteiger partial charge in [-0.1, -0.05) is 20.8 Å². The van der Waals surface area contributed by atoms with Gasteiger partial charge >= 0.3 is 0 Å². The van der Waals surface area contributed by atoms with Crippen molar-refractivity contribution in [1.29, 1.82) is 0 Å². The van der Waals surface area contributed by atoms with E-state index in [1.54, 1.807) is 6.92 Å². The van der Waals surface area contributed by atoms with Crippen LogP contribution in [0.3, 0.4) is 0 Å². The van der Waals surface area contributed by atoms with Crippen molar-refractivity contribution in [1.82, 2.24) is 5.32 Å². The zero-order valence-electron chi connectivity index (χ0n) is 22.3. The highest BCUT2D eigenvalue weighted by molar-refractivity contribution is 7.85. The Morgan fingerprint density at radius 2 is 1.72 bits per heavy atom. The molecule has 0 unspecified atom stereocenters. The Labute approximate surface area is 216 Å². The minimum absolute atomic E-state index is 0.0476. The zero-order chi connectivity index (χ0) is 26.6. The van der Waals surface area contributed by atoms with Crippen molar-refractivity contribution in [3.63, 3.8) is 0 Å². The molecule has 4 aliphatic rings. The van der Waals surface area contributed by atoms with Crippen molar-refractivity contribution < 1.29 is 33.1 Å². The minimum Gasteiger partial charge on any atom is -0.393 e. The predicted molar refractivity (Wildman–Crippen MR) is 136 cm³/mol. The van der Waals surface area contributed by atoms with E-state index in [4.69, 9.17) is 4.55 Å². The summed E-state index contributed by atoms with van der Waals surface area (Å²) in [4.78, 5) is 12.4. The third kappa shape index (κ3) is 5.12. The molecular weight excluding hydrogens is 482 g/mol. The molecule has 1 amide bonds. The van der Waals surface area contributed by atoms with E-state index in [1.165, 1.54) is 0 Å². The number of aliphatic hydroxyl groups excluding tert-OH is 3. The van der Waals surface area contributed by atoms with Gasteiger partial charge in [0.25, 0.3) is 10.1 Å². The number of hydrogen-bond donors (Lipinski definition) is 5. The first-order valence-electron chi connectivity index (χ1n) is 14.0. The fourth-order valence-electron chi connectivity index (χ4n) is 9.40. The summed E-state index contributed by atoms with van der Waals surface area (Å²) in [6, 6.07) is -0.660. The minimum atomic E-state index is -4.15. The molecule has 0 heterocycles. The lowest BCUT2D eigenvalue weighted by Crippen LogP contribution is -2.62. The molecule has 0 saturated heterocycles. The average molecular weight is 530 g/mol. The maximum absolute atomic E-state index is 12.4. The van der Waals surface area contributed by atoms with Gasteiger partial charge < -0.3 is 20.6 Å². The first-order chi connectivity index (χ1) is 16.7. The van der Waals surface area contributed by atoms with Crippen LogP contribution in [-0.4, -0.2) is 64.3 Å². The Kier molecular flexibility index (Phi) is 7.93. The molecule has 36 heavy (non-hydrogen) atoms. The van der Waals surface area contributed by atoms with Gasteiger partial charge in [0.05, 0.1) is 24.1 Å². The lowest BCUT2D eigenvalue weighted by Gasteiger charge is -2.63. The van der Waals surface area contributed by atoms with Crippen LogP contribution in [0.15, 0.2) is 0 Å². The van der Waals surface area contributed by atoms with E-state index in [-0.39, 0.29) is 58.9 Å². The average Bonchev–Trinajstić information content (AvgIpc) is 3.11. The summed E-state index contributed by atoms with van der Waals surface area (Å²) in [5.41, 5.74) is -0.264. The summed E-state index contributed by atoms with van der Waals surface area (Å²) in [5.74, 6) is 0.659. The molecule has 4 fully saturated rings. The van der Waals surface area contributed by atoms with E-state index in [0.29, 0.717) is 18.8 Å². The number of amides is 1. The largest absolute Gasteiger partial charge is 0.393 e. The molecule has 0 aromatic carbocycles. The second-order valence-corrected chi connectivity index (χ2v) is 14.8. The molecule has 4 aliphatic carbocycles. The highest BCUT2D eigenvalue weighted by Crippen LogP contribution is 2.68. The summed E-state index contributed by atoms with van der Waals surface area (Å²) in [6.45, 7) is 8.23. The Balaban J connectivity index is 1.44. The Hall–Kier alpha value is -0.740. The molecule has 0 radical (unpaired) electrons. The van der Waals surface area contributed by atoms with Crippen molar-refractivity contribution in [2.75, 3.05) is 5.75 Å². The lowest BCUT2D eigenvalue weighted by atomic mass is 9.43. The molecule has 8 nitrogen and oxygen atoms in total. The molecule has 0 spiro atoms. The van der Waals surface area contributed by atoms with Gasteiger partial charge in [-0.25, -0.2) is 0 Å². The summed E-state index contributed by atoms with van der Waals surface area (Å²) in [5, 5.41) is 36.0. The van der Waals surface area contributed by atoms with Gasteiger partial charge in [-0.15, -0.1) is 0 Å². The number of carbonyl (C=O) groups is 1. The van der Waals surface area contributed by atoms with Gasteiger partial charge in [0.1, 0.15) is 0 Å². The van der Waals surface area contributed by atoms with Gasteiger partial charge in [-0.05, 0) is 105 Å². The third-order valence-electron chi connectivity index (χ3n) is 11.2. The van der Waals surface area contributed by atoms with E-state index in [0.717, 1.165) is 38.5 Å². The molecular formula is C27H47NO7S. The van der Waals surface area contributed by atoms with Crippen LogP contribution in [0, 0.1) is 46.3 Å². The van der Waals surface area contributed by atoms with Crippen LogP contribution >= 0.6 is 0 Å². The predicted octanol–water partition coefficient (Wildman–Crippen LogP) is 2.76. The highest BCUT2D eigenvalue weighted by atomic mass is 32.2. The first kappa shape index (κ1) is 28.3. The number of nitrogens with one attached hydrogen (secondary N) is 1. The standard InChI is InChI=1S/C27H47NO7S/c1-15(5-8-24(32)28-16(2)14-36(33,34)35)19-6-7-20-25-21(13-23(31)27(19,20)4)26(3)10-9-18(29)11-17(26)12-22(25)30/h15-23,25,29-31H,5-14H2,1-4H3,(H,28,32)(H,33,34,35)/t15-,16-,17+,18-,19-,20+,21+,22-,23+,25+,26+,27-/m1/s1. The van der Waals surface area contributed by atoms with Crippen LogP contribution in [0.25, 0.3) is 0 Å². The van der Waals surface area contributed by atoms with Crippen molar-refractivity contribution in [2.45, 2.75) is 110 Å². The molecule has 0 aromatic heterocycles. The van der Waals surface area contributed by atoms with Crippen LogP contribution in [0.4, 0.5) is 0 Å². The molecule has 9 heteroatoms. The molecule has 0 aliphatic heterocycles. The van der Waals surface area contributed by atoms with Crippen LogP contribution in [-0.2, 0) is 14.9 Å². The second-order valence-electron chi connectivity index (χ2n) is 13.3. The summed E-state index contributed by atoms with van der Waals surface area (Å²) >= 11 is 0. The normalized spacial score (nSPS) is 46.2. The first-order valence-corrected chi connectivity index (χ1v) is 15.6. The number of rotatable bonds is 7. The van der Waals surface area contributed by atoms with Crippen molar-refractivity contribution in [2.24, 2.45) is 46.3 Å². The lowest BCUT2D eigenvalue weighted by molar-refractivity contribution is -0.207. The van der Waals surface area contributed by atoms with Gasteiger partial charge in [-0.3, -0.25) is 9.35 Å². The van der Waals surface area contributed by atoms with Crippen molar-refractivity contribution in [3.8, 4) is 0 Å². The zero-order valence-corrected chi connectivity index (χ0v) is 23.1. The topological polar surface area (TPSA) is 144 Å². The highest BCUT2D eigenvalue weighted by Gasteiger charge is 2.65. The fraction of sp³-hybridized carbons (Fsp3) is 0.963. The Morgan fingerprint density at radius 3 is 2.39 bits per heavy atom. The molecule has 208 valence electrons. The van der Waals surface area contributed by atoms with Gasteiger partial charge in [0.2, 0.25) is 5.91 Å². The quantitative estimate of drug-likeness (QED) is 0.319. The van der Waals surface area contributed by atoms with Crippen LogP contribution in [0.1, 0.15) is 85.5 Å². The van der Waals surface area contributed by atoms with E-state index >= 15 is 0 Å². The summed E-state index contributed by atoms with van der Waals surface area (Å²) in [6.07, 6.45) is 5.62. The second kappa shape index (κ2) is 10.1. The van der Waals surface area contributed by atoms with Crippen LogP contribution in [0.2, 0.25) is 0 Å². The van der Waals surface area contributed by atoms with E-state index in [9.17, 15) is 28.5 Å². The maximum atomic E-state index is 12.4. The van der Waals surface area contributed by atoms with Crippen LogP contribution < -0.4 is 5.32 Å². The Bertz CT molecular complexity index is 927. The van der Waals surface area contributed by atoms with E-state index in [2.05, 4.69) is 26.1 Å². The third-order valence-corrected chi connectivity index (χ3v) is 12.1. The van der Waals surface area contributed by atoms with Crippen molar-refractivity contribution in [3.05, 3.63) is 0 Å². The number of fused-ring (bicyclic) bond motifs is 5. The van der Waals surface area contributed by atoms with Crippen LogP contribution in [0.5, 0.6) is 0 Å². The van der Waals surface area contributed by atoms with Gasteiger partial charge in [0, 0.05) is 12.5 Å². The number of hydrogen-bond acceptors (Lipinski definition) is 6. The molecule has 5 N–H and O–H groups in total. The molecule has 0 bridgehead atoms. The fourth-order valence-corrected chi connectivity index (χ4v) is 10.1. The SMILES string of the molecule is C[C@H](CS(=O)(=O)O)NC(=O)CC[C@@H](C)[C@H]1CC[C@H]2[C@@H]3[C@H](O)C[C@@H]4C[C@H](O)CC[C@]4(C)[C@H]3C[C@H](O)[C@]12C. The van der Waals surface area contributed by atoms with E-state index < -0.39 is 34.1 Å². The number of aliphatic hydroxyl groups is 3. The molecule has 12 atom stereocenters. The monoisotopic (exact) mass is 529 g/mol. The molecule has 4 saturated carbocycles. The van der Waals surface area contributed by atoms with E-state index in [1.807, 2.05) is 0 Å². The molecule has 4 rings (SSSR count). The smallest absolute Gasteiger partial charge is 0.266 e. The summed E-state index contributed by atoms with van der Waals surface area (Å²) < 4.78 is 31.1. The maximum Gasteiger partial charge on any atom is 0.266 e. The molecule has 0 aromatic rings. The summed E-state index contributed by atoms with van der Waals surface area (Å²) in [7, 11) is -4.15. The van der Waals surface area contributed by atoms with Crippen molar-refractivity contribution >= 4 is 16.0 Å². The Morgan fingerprint density at radius 1 is 1.03 bits per heavy atom. The van der Waals surface area contributed by atoms with Gasteiger partial charge in [-0.2, -0.15) is 8.42 Å².